The van der Waals surface area contributed by atoms with Gasteiger partial charge in [0.25, 0.3) is 0 Å². The van der Waals surface area contributed by atoms with Crippen LogP contribution in [-0.2, 0) is 22.5 Å². The second-order valence-corrected chi connectivity index (χ2v) is 6.82. The van der Waals surface area contributed by atoms with E-state index in [1.165, 1.54) is 18.4 Å². The molecule has 0 aliphatic carbocycles. The summed E-state index contributed by atoms with van der Waals surface area (Å²) in [5, 5.41) is 2.65. The highest BCUT2D eigenvalue weighted by atomic mass is 32.1. The summed E-state index contributed by atoms with van der Waals surface area (Å²) in [4.78, 5) is 34.4. The molecule has 140 valence electrons. The number of amides is 1. The smallest absolute Gasteiger partial charge is 0.341 e. The lowest BCUT2D eigenvalue weighted by atomic mass is 10.2. The fourth-order valence-corrected chi connectivity index (χ4v) is 3.34. The quantitative estimate of drug-likeness (QED) is 0.606. The van der Waals surface area contributed by atoms with Crippen molar-refractivity contribution in [3.63, 3.8) is 0 Å². The van der Waals surface area contributed by atoms with E-state index in [9.17, 15) is 9.59 Å². The second-order valence-electron chi connectivity index (χ2n) is 5.96. The molecule has 0 spiro atoms. The minimum atomic E-state index is -0.457. The maximum absolute atomic E-state index is 12.5. The number of thiazole rings is 1. The van der Waals surface area contributed by atoms with Crippen LogP contribution in [0.25, 0.3) is 10.7 Å². The van der Waals surface area contributed by atoms with E-state index in [2.05, 4.69) is 9.97 Å². The third-order valence-electron chi connectivity index (χ3n) is 3.96. The zero-order chi connectivity index (χ0) is 19.4. The molecule has 27 heavy (non-hydrogen) atoms. The molecule has 7 nitrogen and oxygen atoms in total. The van der Waals surface area contributed by atoms with Crippen LogP contribution in [0.2, 0.25) is 0 Å². The Bertz CT molecular complexity index is 949. The van der Waals surface area contributed by atoms with E-state index in [1.807, 2.05) is 23.6 Å². The number of aryl methyl sites for hydroxylation is 1. The number of nitrogens with zero attached hydrogens (tertiary/aromatic N) is 3. The van der Waals surface area contributed by atoms with E-state index in [1.54, 1.807) is 31.1 Å². The summed E-state index contributed by atoms with van der Waals surface area (Å²) in [6, 6.07) is 7.23. The zero-order valence-electron chi connectivity index (χ0n) is 15.3. The van der Waals surface area contributed by atoms with Crippen LogP contribution in [0.5, 0.6) is 0 Å². The number of methoxy groups -OCH3 is 1. The van der Waals surface area contributed by atoms with Crippen LogP contribution in [0.15, 0.2) is 40.3 Å². The Hall–Kier alpha value is -3.00. The molecule has 0 unspecified atom stereocenters. The number of rotatable bonds is 6. The molecule has 3 heterocycles. The molecule has 3 aromatic rings. The number of hydrogen-bond acceptors (Lipinski definition) is 7. The Kier molecular flexibility index (Phi) is 5.66. The maximum atomic E-state index is 12.5. The van der Waals surface area contributed by atoms with Crippen molar-refractivity contribution in [1.29, 1.82) is 0 Å². The Labute approximate surface area is 160 Å². The molecule has 0 bridgehead atoms. The molecule has 0 fully saturated rings. The van der Waals surface area contributed by atoms with Crippen LogP contribution in [0.4, 0.5) is 0 Å². The van der Waals surface area contributed by atoms with Gasteiger partial charge in [0, 0.05) is 18.6 Å². The summed E-state index contributed by atoms with van der Waals surface area (Å²) in [6.45, 7) is 1.94. The van der Waals surface area contributed by atoms with Gasteiger partial charge in [-0.05, 0) is 25.1 Å². The molecular weight excluding hydrogens is 366 g/mol. The second kappa shape index (κ2) is 8.13. The number of carbonyl (C=O) groups is 2. The summed E-state index contributed by atoms with van der Waals surface area (Å²) < 4.78 is 10.3. The lowest BCUT2D eigenvalue weighted by Crippen LogP contribution is -2.27. The van der Waals surface area contributed by atoms with Crippen molar-refractivity contribution >= 4 is 23.2 Å². The number of furan rings is 1. The van der Waals surface area contributed by atoms with Crippen molar-refractivity contribution in [2.24, 2.45) is 0 Å². The van der Waals surface area contributed by atoms with Crippen molar-refractivity contribution < 1.29 is 18.7 Å². The van der Waals surface area contributed by atoms with Gasteiger partial charge in [-0.3, -0.25) is 9.78 Å². The van der Waals surface area contributed by atoms with Crippen LogP contribution in [0, 0.1) is 6.92 Å². The van der Waals surface area contributed by atoms with Crippen LogP contribution in [0.1, 0.15) is 27.6 Å². The van der Waals surface area contributed by atoms with Crippen molar-refractivity contribution in [2.45, 2.75) is 19.9 Å². The van der Waals surface area contributed by atoms with Gasteiger partial charge in [-0.25, -0.2) is 9.78 Å². The number of aromatic nitrogens is 2. The van der Waals surface area contributed by atoms with E-state index in [4.69, 9.17) is 9.15 Å². The first kappa shape index (κ1) is 18.8. The normalized spacial score (nSPS) is 10.6. The highest BCUT2D eigenvalue weighted by Gasteiger charge is 2.19. The largest absolute Gasteiger partial charge is 0.465 e. The first-order valence-corrected chi connectivity index (χ1v) is 9.13. The highest BCUT2D eigenvalue weighted by Crippen LogP contribution is 2.22. The molecule has 0 atom stereocenters. The monoisotopic (exact) mass is 385 g/mol. The van der Waals surface area contributed by atoms with Crippen molar-refractivity contribution in [3.8, 4) is 10.7 Å². The zero-order valence-corrected chi connectivity index (χ0v) is 16.1. The Morgan fingerprint density at radius 2 is 2.15 bits per heavy atom. The number of esters is 1. The SMILES string of the molecule is COC(=O)c1cc(CN(C)C(=O)Cc2csc(-c3ccccn3)n2)oc1C. The molecule has 0 saturated heterocycles. The molecule has 0 radical (unpaired) electrons. The van der Waals surface area contributed by atoms with Gasteiger partial charge in [-0.1, -0.05) is 6.07 Å². The van der Waals surface area contributed by atoms with Crippen LogP contribution in [0.3, 0.4) is 0 Å². The van der Waals surface area contributed by atoms with Gasteiger partial charge in [0.15, 0.2) is 0 Å². The molecule has 3 rings (SSSR count). The van der Waals surface area contributed by atoms with Gasteiger partial charge in [0.05, 0.1) is 31.5 Å². The molecule has 0 aromatic carbocycles. The first-order valence-electron chi connectivity index (χ1n) is 8.25. The minimum absolute atomic E-state index is 0.0958. The fraction of sp³-hybridized carbons (Fsp3) is 0.263. The van der Waals surface area contributed by atoms with Gasteiger partial charge in [-0.2, -0.15) is 0 Å². The summed E-state index contributed by atoms with van der Waals surface area (Å²) >= 11 is 1.46. The Morgan fingerprint density at radius 1 is 1.33 bits per heavy atom. The molecule has 3 aromatic heterocycles. The predicted molar refractivity (Wildman–Crippen MR) is 100 cm³/mol. The number of hydrogen-bond donors (Lipinski definition) is 0. The van der Waals surface area contributed by atoms with Crippen LogP contribution in [-0.4, -0.2) is 40.9 Å². The third-order valence-corrected chi connectivity index (χ3v) is 4.87. The maximum Gasteiger partial charge on any atom is 0.341 e. The van der Waals surface area contributed by atoms with E-state index in [-0.39, 0.29) is 18.9 Å². The van der Waals surface area contributed by atoms with Crippen molar-refractivity contribution in [2.75, 3.05) is 14.2 Å². The van der Waals surface area contributed by atoms with Gasteiger partial charge in [0.2, 0.25) is 5.91 Å². The minimum Gasteiger partial charge on any atom is -0.465 e. The number of carbonyl (C=O) groups excluding carboxylic acids is 2. The Morgan fingerprint density at radius 3 is 2.85 bits per heavy atom. The molecular formula is C19H19N3O4S. The summed E-state index contributed by atoms with van der Waals surface area (Å²) in [6.07, 6.45) is 1.90. The summed E-state index contributed by atoms with van der Waals surface area (Å²) in [5.74, 6) is 0.441. The Balaban J connectivity index is 1.63. The predicted octanol–water partition coefficient (Wildman–Crippen LogP) is 3.09. The number of pyridine rings is 1. The standard InChI is InChI=1S/C19H19N3O4S/c1-12-15(19(24)25-3)9-14(26-12)10-22(2)17(23)8-13-11-27-18(21-13)16-6-4-5-7-20-16/h4-7,9,11H,8,10H2,1-3H3. The molecule has 1 amide bonds. The topological polar surface area (TPSA) is 85.5 Å². The number of ether oxygens (including phenoxy) is 1. The third kappa shape index (κ3) is 4.40. The lowest BCUT2D eigenvalue weighted by Gasteiger charge is -2.14. The van der Waals surface area contributed by atoms with E-state index in [0.717, 1.165) is 10.7 Å². The average Bonchev–Trinajstić information content (AvgIpc) is 3.28. The van der Waals surface area contributed by atoms with E-state index < -0.39 is 5.97 Å². The first-order chi connectivity index (χ1) is 13.0. The fourth-order valence-electron chi connectivity index (χ4n) is 2.54. The molecule has 0 saturated carbocycles. The molecule has 0 aliphatic rings. The molecule has 0 aliphatic heterocycles. The lowest BCUT2D eigenvalue weighted by molar-refractivity contribution is -0.130. The van der Waals surface area contributed by atoms with Gasteiger partial charge >= 0.3 is 5.97 Å². The van der Waals surface area contributed by atoms with Crippen LogP contribution < -0.4 is 0 Å². The summed E-state index contributed by atoms with van der Waals surface area (Å²) in [7, 11) is 3.00. The van der Waals surface area contributed by atoms with Crippen molar-refractivity contribution in [1.82, 2.24) is 14.9 Å². The molecule has 0 N–H and O–H groups in total. The number of likely N-dealkylation sites (N-methyl/N-ethyl adjacent to an activating group) is 1. The average molecular weight is 385 g/mol. The van der Waals surface area contributed by atoms with Gasteiger partial charge in [0.1, 0.15) is 22.1 Å². The van der Waals surface area contributed by atoms with Gasteiger partial charge < -0.3 is 14.1 Å². The molecule has 8 heteroatoms. The van der Waals surface area contributed by atoms with Crippen LogP contribution >= 0.6 is 11.3 Å². The van der Waals surface area contributed by atoms with E-state index in [0.29, 0.717) is 22.8 Å². The van der Waals surface area contributed by atoms with Crippen molar-refractivity contribution in [3.05, 3.63) is 58.6 Å². The van der Waals surface area contributed by atoms with E-state index >= 15 is 0 Å². The summed E-state index contributed by atoms with van der Waals surface area (Å²) in [5.41, 5.74) is 1.85. The van der Waals surface area contributed by atoms with Gasteiger partial charge in [-0.15, -0.1) is 11.3 Å². The highest BCUT2D eigenvalue weighted by molar-refractivity contribution is 7.13.